The summed E-state index contributed by atoms with van der Waals surface area (Å²) in [6.45, 7) is 0.719. The number of carbonyl (C=O) groups excluding carboxylic acids is 2. The van der Waals surface area contributed by atoms with Crippen LogP contribution in [0.3, 0.4) is 0 Å². The molecule has 1 heterocycles. The van der Waals surface area contributed by atoms with Gasteiger partial charge in [-0.25, -0.2) is 9.59 Å². The van der Waals surface area contributed by atoms with Crippen LogP contribution in [0.15, 0.2) is 54.6 Å². The first-order valence-electron chi connectivity index (χ1n) is 7.80. The number of nitrogens with zero attached hydrogens (tertiary/aromatic N) is 1. The van der Waals surface area contributed by atoms with Gasteiger partial charge in [0.1, 0.15) is 12.7 Å². The first kappa shape index (κ1) is 17.1. The third kappa shape index (κ3) is 4.64. The van der Waals surface area contributed by atoms with Gasteiger partial charge in [-0.05, 0) is 29.8 Å². The molecule has 2 amide bonds. The Morgan fingerprint density at radius 1 is 1.20 bits per heavy atom. The molecule has 130 valence electrons. The molecule has 1 aliphatic rings. The van der Waals surface area contributed by atoms with Gasteiger partial charge in [0.15, 0.2) is 0 Å². The van der Waals surface area contributed by atoms with E-state index in [-0.39, 0.29) is 13.2 Å². The number of rotatable bonds is 5. The molecule has 1 unspecified atom stereocenters. The lowest BCUT2D eigenvalue weighted by Crippen LogP contribution is -2.34. The fourth-order valence-corrected chi connectivity index (χ4v) is 2.56. The van der Waals surface area contributed by atoms with Crippen LogP contribution in [-0.4, -0.2) is 31.4 Å². The molecule has 1 atom stereocenters. The molecule has 3 rings (SSSR count). The van der Waals surface area contributed by atoms with Crippen molar-refractivity contribution in [2.45, 2.75) is 12.7 Å². The maximum Gasteiger partial charge on any atom is 0.414 e. The number of anilines is 1. The predicted octanol–water partition coefficient (Wildman–Crippen LogP) is 3.59. The molecule has 1 N–H and O–H groups in total. The van der Waals surface area contributed by atoms with Crippen molar-refractivity contribution >= 4 is 29.5 Å². The number of cyclic esters (lactones) is 1. The minimum Gasteiger partial charge on any atom is -0.445 e. The SMILES string of the molecule is O=C(NCC1CN(c2ccc(Cl)cc2)C(=O)O1)OCc1ccccc1. The van der Waals surface area contributed by atoms with Gasteiger partial charge >= 0.3 is 12.2 Å². The number of ether oxygens (including phenoxy) is 2. The van der Waals surface area contributed by atoms with Crippen LogP contribution < -0.4 is 10.2 Å². The number of benzene rings is 2. The summed E-state index contributed by atoms with van der Waals surface area (Å²) in [5, 5.41) is 3.20. The number of nitrogens with one attached hydrogen (secondary N) is 1. The molecule has 0 radical (unpaired) electrons. The van der Waals surface area contributed by atoms with Crippen LogP contribution in [0.25, 0.3) is 0 Å². The van der Waals surface area contributed by atoms with Crippen molar-refractivity contribution in [2.24, 2.45) is 0 Å². The summed E-state index contributed by atoms with van der Waals surface area (Å²) >= 11 is 5.85. The maximum absolute atomic E-state index is 12.0. The second kappa shape index (κ2) is 7.90. The fraction of sp³-hybridized carbons (Fsp3) is 0.222. The Bertz CT molecular complexity index is 737. The summed E-state index contributed by atoms with van der Waals surface area (Å²) in [4.78, 5) is 25.2. The van der Waals surface area contributed by atoms with Crippen LogP contribution in [0, 0.1) is 0 Å². The zero-order valence-corrected chi connectivity index (χ0v) is 14.1. The summed E-state index contributed by atoms with van der Waals surface area (Å²) in [7, 11) is 0. The number of carbonyl (C=O) groups is 2. The molecule has 2 aromatic rings. The minimum atomic E-state index is -0.551. The van der Waals surface area contributed by atoms with Crippen LogP contribution in [0.2, 0.25) is 5.02 Å². The molecular weight excluding hydrogens is 344 g/mol. The van der Waals surface area contributed by atoms with Crippen LogP contribution in [-0.2, 0) is 16.1 Å². The molecule has 0 spiro atoms. The zero-order chi connectivity index (χ0) is 17.6. The highest BCUT2D eigenvalue weighted by Gasteiger charge is 2.32. The van der Waals surface area contributed by atoms with Crippen LogP contribution in [0.4, 0.5) is 15.3 Å². The molecule has 25 heavy (non-hydrogen) atoms. The molecule has 1 saturated heterocycles. The molecular formula is C18H17ClN2O4. The normalized spacial score (nSPS) is 16.4. The highest BCUT2D eigenvalue weighted by molar-refractivity contribution is 6.30. The van der Waals surface area contributed by atoms with E-state index in [1.807, 2.05) is 30.3 Å². The lowest BCUT2D eigenvalue weighted by Gasteiger charge is -2.13. The standard InChI is InChI=1S/C18H17ClN2O4/c19-14-6-8-15(9-7-14)21-11-16(25-18(21)23)10-20-17(22)24-12-13-4-2-1-3-5-13/h1-9,16H,10-12H2,(H,20,22). The Kier molecular flexibility index (Phi) is 5.40. The van der Waals surface area contributed by atoms with E-state index in [1.54, 1.807) is 24.3 Å². The summed E-state index contributed by atoms with van der Waals surface area (Å²) in [5.41, 5.74) is 1.60. The Balaban J connectivity index is 1.45. The van der Waals surface area contributed by atoms with Crippen molar-refractivity contribution in [2.75, 3.05) is 18.0 Å². The fourth-order valence-electron chi connectivity index (χ4n) is 2.43. The molecule has 7 heteroatoms. The Morgan fingerprint density at radius 2 is 1.92 bits per heavy atom. The van der Waals surface area contributed by atoms with Gasteiger partial charge in [0.2, 0.25) is 0 Å². The summed E-state index contributed by atoms with van der Waals surface area (Å²) in [6, 6.07) is 16.3. The zero-order valence-electron chi connectivity index (χ0n) is 13.4. The van der Waals surface area contributed by atoms with Crippen LogP contribution in [0.5, 0.6) is 0 Å². The highest BCUT2D eigenvalue weighted by atomic mass is 35.5. The maximum atomic E-state index is 12.0. The number of hydrogen-bond donors (Lipinski definition) is 1. The van der Waals surface area contributed by atoms with E-state index in [4.69, 9.17) is 21.1 Å². The Labute approximate surface area is 150 Å². The summed E-state index contributed by atoms with van der Waals surface area (Å²) in [6.07, 6.45) is -1.44. The molecule has 0 aromatic heterocycles. The molecule has 2 aromatic carbocycles. The third-order valence-electron chi connectivity index (χ3n) is 3.70. The van der Waals surface area contributed by atoms with E-state index in [9.17, 15) is 9.59 Å². The van der Waals surface area contributed by atoms with Gasteiger partial charge in [0.05, 0.1) is 13.1 Å². The second-order valence-electron chi connectivity index (χ2n) is 5.54. The molecule has 0 bridgehead atoms. The summed E-state index contributed by atoms with van der Waals surface area (Å²) in [5.74, 6) is 0. The van der Waals surface area contributed by atoms with Crippen molar-refractivity contribution < 1.29 is 19.1 Å². The van der Waals surface area contributed by atoms with Crippen molar-refractivity contribution in [3.63, 3.8) is 0 Å². The smallest absolute Gasteiger partial charge is 0.414 e. The van der Waals surface area contributed by atoms with E-state index < -0.39 is 18.3 Å². The number of hydrogen-bond acceptors (Lipinski definition) is 4. The van der Waals surface area contributed by atoms with E-state index in [2.05, 4.69) is 5.32 Å². The largest absolute Gasteiger partial charge is 0.445 e. The molecule has 6 nitrogen and oxygen atoms in total. The number of amides is 2. The highest BCUT2D eigenvalue weighted by Crippen LogP contribution is 2.23. The molecule has 1 aliphatic heterocycles. The van der Waals surface area contributed by atoms with Crippen molar-refractivity contribution in [3.05, 3.63) is 65.2 Å². The minimum absolute atomic E-state index is 0.184. The van der Waals surface area contributed by atoms with Gasteiger partial charge in [-0.2, -0.15) is 0 Å². The van der Waals surface area contributed by atoms with Gasteiger partial charge in [0, 0.05) is 10.7 Å². The van der Waals surface area contributed by atoms with Gasteiger partial charge in [-0.3, -0.25) is 4.90 Å². The second-order valence-corrected chi connectivity index (χ2v) is 5.97. The van der Waals surface area contributed by atoms with Gasteiger partial charge in [0.25, 0.3) is 0 Å². The van der Waals surface area contributed by atoms with Crippen LogP contribution >= 0.6 is 11.6 Å². The monoisotopic (exact) mass is 360 g/mol. The van der Waals surface area contributed by atoms with E-state index in [0.717, 1.165) is 5.56 Å². The van der Waals surface area contributed by atoms with Gasteiger partial charge in [-0.1, -0.05) is 41.9 Å². The van der Waals surface area contributed by atoms with Gasteiger partial charge < -0.3 is 14.8 Å². The first-order chi connectivity index (χ1) is 12.1. The molecule has 0 aliphatic carbocycles. The lowest BCUT2D eigenvalue weighted by atomic mass is 10.2. The lowest BCUT2D eigenvalue weighted by molar-refractivity contribution is 0.121. The molecule has 1 fully saturated rings. The molecule has 0 saturated carbocycles. The average molecular weight is 361 g/mol. The van der Waals surface area contributed by atoms with Crippen molar-refractivity contribution in [1.82, 2.24) is 5.32 Å². The van der Waals surface area contributed by atoms with E-state index in [0.29, 0.717) is 17.3 Å². The Hall–Kier alpha value is -2.73. The summed E-state index contributed by atoms with van der Waals surface area (Å²) < 4.78 is 10.4. The van der Waals surface area contributed by atoms with Crippen LogP contribution in [0.1, 0.15) is 5.56 Å². The van der Waals surface area contributed by atoms with E-state index >= 15 is 0 Å². The topological polar surface area (TPSA) is 67.9 Å². The number of halogens is 1. The predicted molar refractivity (Wildman–Crippen MR) is 93.7 cm³/mol. The third-order valence-corrected chi connectivity index (χ3v) is 3.95. The number of alkyl carbamates (subject to hydrolysis) is 1. The average Bonchev–Trinajstić information content (AvgIpc) is 3.00. The van der Waals surface area contributed by atoms with Gasteiger partial charge in [-0.15, -0.1) is 0 Å². The Morgan fingerprint density at radius 3 is 2.64 bits per heavy atom. The van der Waals surface area contributed by atoms with E-state index in [1.165, 1.54) is 4.90 Å². The first-order valence-corrected chi connectivity index (χ1v) is 8.18. The van der Waals surface area contributed by atoms with Crippen molar-refractivity contribution in [1.29, 1.82) is 0 Å². The van der Waals surface area contributed by atoms with Crippen molar-refractivity contribution in [3.8, 4) is 0 Å². The quantitative estimate of drug-likeness (QED) is 0.884.